The quantitative estimate of drug-likeness (QED) is 0.823. The lowest BCUT2D eigenvalue weighted by molar-refractivity contribution is -0.139. The molecule has 0 heterocycles. The molecular formula is C18H16F3NO4. The third-order valence-corrected chi connectivity index (χ3v) is 3.68. The van der Waals surface area contributed by atoms with Gasteiger partial charge in [0.2, 0.25) is 0 Å². The van der Waals surface area contributed by atoms with Crippen LogP contribution in [0.5, 0.6) is 5.75 Å². The molecule has 2 N–H and O–H groups in total. The van der Waals surface area contributed by atoms with E-state index >= 15 is 0 Å². The molecule has 138 valence electrons. The number of aliphatic carboxylic acids is 1. The van der Waals surface area contributed by atoms with E-state index in [2.05, 4.69) is 5.32 Å². The molecule has 0 aromatic heterocycles. The number of hydrogen-bond acceptors (Lipinski definition) is 3. The lowest BCUT2D eigenvalue weighted by atomic mass is 10.0. The van der Waals surface area contributed by atoms with E-state index < -0.39 is 29.7 Å². The molecule has 0 unspecified atom stereocenters. The van der Waals surface area contributed by atoms with Gasteiger partial charge in [0.1, 0.15) is 11.8 Å². The van der Waals surface area contributed by atoms with E-state index in [1.165, 1.54) is 7.11 Å². The number of carboxylic acids is 1. The fourth-order valence-corrected chi connectivity index (χ4v) is 2.25. The zero-order valence-electron chi connectivity index (χ0n) is 13.7. The van der Waals surface area contributed by atoms with Crippen molar-refractivity contribution in [1.29, 1.82) is 0 Å². The maximum atomic E-state index is 12.5. The van der Waals surface area contributed by atoms with Crippen LogP contribution in [0.2, 0.25) is 0 Å². The first-order valence-corrected chi connectivity index (χ1v) is 7.54. The zero-order chi connectivity index (χ0) is 19.3. The Kier molecular flexibility index (Phi) is 5.86. The lowest BCUT2D eigenvalue weighted by Crippen LogP contribution is -2.42. The number of halogens is 3. The van der Waals surface area contributed by atoms with Crippen molar-refractivity contribution < 1.29 is 32.6 Å². The van der Waals surface area contributed by atoms with E-state index in [1.54, 1.807) is 24.3 Å². The molecule has 0 spiro atoms. The number of carbonyl (C=O) groups excluding carboxylic acids is 1. The highest BCUT2D eigenvalue weighted by Gasteiger charge is 2.30. The van der Waals surface area contributed by atoms with Crippen LogP contribution in [0.25, 0.3) is 0 Å². The van der Waals surface area contributed by atoms with Gasteiger partial charge in [-0.15, -0.1) is 0 Å². The average Bonchev–Trinajstić information content (AvgIpc) is 2.61. The first kappa shape index (κ1) is 19.3. The van der Waals surface area contributed by atoms with E-state index in [0.29, 0.717) is 11.3 Å². The molecule has 5 nitrogen and oxygen atoms in total. The summed E-state index contributed by atoms with van der Waals surface area (Å²) in [5.41, 5.74) is -0.285. The van der Waals surface area contributed by atoms with Crippen molar-refractivity contribution >= 4 is 11.9 Å². The predicted molar refractivity (Wildman–Crippen MR) is 87.0 cm³/mol. The normalized spacial score (nSPS) is 12.3. The molecule has 0 radical (unpaired) electrons. The molecule has 0 fully saturated rings. The van der Waals surface area contributed by atoms with Gasteiger partial charge in [0, 0.05) is 12.0 Å². The second kappa shape index (κ2) is 7.90. The number of ether oxygens (including phenoxy) is 1. The Labute approximate surface area is 147 Å². The molecule has 0 saturated heterocycles. The van der Waals surface area contributed by atoms with Gasteiger partial charge in [-0.1, -0.05) is 12.1 Å². The van der Waals surface area contributed by atoms with Gasteiger partial charge >= 0.3 is 12.1 Å². The van der Waals surface area contributed by atoms with Crippen LogP contribution in [0.4, 0.5) is 13.2 Å². The lowest BCUT2D eigenvalue weighted by Gasteiger charge is -2.15. The zero-order valence-corrected chi connectivity index (χ0v) is 13.7. The number of amides is 1. The summed E-state index contributed by atoms with van der Waals surface area (Å²) in [6, 6.07) is 8.98. The first-order valence-electron chi connectivity index (χ1n) is 7.54. The van der Waals surface area contributed by atoms with E-state index in [4.69, 9.17) is 4.74 Å². The molecule has 2 aromatic carbocycles. The Bertz CT molecular complexity index is 771. The SMILES string of the molecule is COc1ccc(C[C@H](NC(=O)c2ccc(C(F)(F)F)cc2)C(=O)O)cc1. The molecule has 0 aliphatic carbocycles. The highest BCUT2D eigenvalue weighted by atomic mass is 19.4. The van der Waals surface area contributed by atoms with Crippen LogP contribution in [-0.2, 0) is 17.4 Å². The number of methoxy groups -OCH3 is 1. The standard InChI is InChI=1S/C18H16F3NO4/c1-26-14-8-2-11(3-9-14)10-15(17(24)25)22-16(23)12-4-6-13(7-5-12)18(19,20)21/h2-9,15H,10H2,1H3,(H,22,23)(H,24,25)/t15-/m0/s1. The maximum absolute atomic E-state index is 12.5. The van der Waals surface area contributed by atoms with Crippen molar-refractivity contribution in [3.05, 3.63) is 65.2 Å². The Morgan fingerprint density at radius 3 is 2.12 bits per heavy atom. The fraction of sp³-hybridized carbons (Fsp3) is 0.222. The van der Waals surface area contributed by atoms with Crippen LogP contribution in [0, 0.1) is 0 Å². The summed E-state index contributed by atoms with van der Waals surface area (Å²) >= 11 is 0. The largest absolute Gasteiger partial charge is 0.497 e. The molecule has 0 aliphatic rings. The van der Waals surface area contributed by atoms with Crippen molar-refractivity contribution in [2.45, 2.75) is 18.6 Å². The number of rotatable bonds is 6. The van der Waals surface area contributed by atoms with Crippen LogP contribution in [0.15, 0.2) is 48.5 Å². The summed E-state index contributed by atoms with van der Waals surface area (Å²) < 4.78 is 42.6. The molecule has 8 heteroatoms. The Morgan fingerprint density at radius 1 is 1.08 bits per heavy atom. The van der Waals surface area contributed by atoms with Crippen molar-refractivity contribution in [2.24, 2.45) is 0 Å². The highest BCUT2D eigenvalue weighted by molar-refractivity contribution is 5.96. The van der Waals surface area contributed by atoms with Crippen LogP contribution in [-0.4, -0.2) is 30.1 Å². The minimum atomic E-state index is -4.51. The smallest absolute Gasteiger partial charge is 0.416 e. The molecule has 1 amide bonds. The summed E-state index contributed by atoms with van der Waals surface area (Å²) in [5.74, 6) is -1.41. The van der Waals surface area contributed by atoms with Gasteiger partial charge in [-0.2, -0.15) is 13.2 Å². The fourth-order valence-electron chi connectivity index (χ4n) is 2.25. The molecule has 2 aromatic rings. The van der Waals surface area contributed by atoms with Crippen LogP contribution < -0.4 is 10.1 Å². The Hall–Kier alpha value is -3.03. The number of alkyl halides is 3. The van der Waals surface area contributed by atoms with E-state index in [-0.39, 0.29) is 12.0 Å². The van der Waals surface area contributed by atoms with Gasteiger partial charge in [0.05, 0.1) is 12.7 Å². The van der Waals surface area contributed by atoms with Gasteiger partial charge in [-0.25, -0.2) is 4.79 Å². The van der Waals surface area contributed by atoms with Crippen LogP contribution >= 0.6 is 0 Å². The van der Waals surface area contributed by atoms with Gasteiger partial charge in [-0.05, 0) is 42.0 Å². The third-order valence-electron chi connectivity index (χ3n) is 3.68. The topological polar surface area (TPSA) is 75.6 Å². The number of hydrogen-bond donors (Lipinski definition) is 2. The summed E-state index contributed by atoms with van der Waals surface area (Å²) in [6.07, 6.45) is -4.49. The summed E-state index contributed by atoms with van der Waals surface area (Å²) in [5, 5.41) is 11.6. The molecule has 0 aliphatic heterocycles. The summed E-state index contributed by atoms with van der Waals surface area (Å²) in [7, 11) is 1.50. The highest BCUT2D eigenvalue weighted by Crippen LogP contribution is 2.29. The van der Waals surface area contributed by atoms with E-state index in [9.17, 15) is 27.9 Å². The molecular weight excluding hydrogens is 351 g/mol. The van der Waals surface area contributed by atoms with Gasteiger partial charge in [0.15, 0.2) is 0 Å². The molecule has 0 bridgehead atoms. The van der Waals surface area contributed by atoms with Crippen LogP contribution in [0.3, 0.4) is 0 Å². The number of carboxylic acid groups (broad SMARTS) is 1. The number of carbonyl (C=O) groups is 2. The molecule has 2 rings (SSSR count). The summed E-state index contributed by atoms with van der Waals surface area (Å²) in [4.78, 5) is 23.5. The van der Waals surface area contributed by atoms with E-state index in [1.807, 2.05) is 0 Å². The second-order valence-corrected chi connectivity index (χ2v) is 5.49. The van der Waals surface area contributed by atoms with Gasteiger partial charge < -0.3 is 15.2 Å². The number of nitrogens with one attached hydrogen (secondary N) is 1. The molecule has 0 saturated carbocycles. The minimum Gasteiger partial charge on any atom is -0.497 e. The maximum Gasteiger partial charge on any atom is 0.416 e. The third kappa shape index (κ3) is 4.98. The van der Waals surface area contributed by atoms with Gasteiger partial charge in [0.25, 0.3) is 5.91 Å². The predicted octanol–water partition coefficient (Wildman–Crippen LogP) is 3.14. The number of benzene rings is 2. The van der Waals surface area contributed by atoms with Crippen molar-refractivity contribution in [2.75, 3.05) is 7.11 Å². The first-order chi connectivity index (χ1) is 12.2. The van der Waals surface area contributed by atoms with Gasteiger partial charge in [-0.3, -0.25) is 4.79 Å². The molecule has 26 heavy (non-hydrogen) atoms. The second-order valence-electron chi connectivity index (χ2n) is 5.49. The monoisotopic (exact) mass is 367 g/mol. The van der Waals surface area contributed by atoms with Crippen LogP contribution in [0.1, 0.15) is 21.5 Å². The van der Waals surface area contributed by atoms with Crippen molar-refractivity contribution in [3.8, 4) is 5.75 Å². The van der Waals surface area contributed by atoms with E-state index in [0.717, 1.165) is 24.3 Å². The average molecular weight is 367 g/mol. The van der Waals surface area contributed by atoms with Crippen molar-refractivity contribution in [1.82, 2.24) is 5.32 Å². The summed E-state index contributed by atoms with van der Waals surface area (Å²) in [6.45, 7) is 0. The molecule has 1 atom stereocenters. The van der Waals surface area contributed by atoms with Crippen molar-refractivity contribution in [3.63, 3.8) is 0 Å². The Morgan fingerprint density at radius 2 is 1.65 bits per heavy atom. The minimum absolute atomic E-state index is 0.0195. The Balaban J connectivity index is 2.08.